The molecule has 0 saturated carbocycles. The number of carbonyl (C=O) groups excluding carboxylic acids is 1. The number of hydrogen-bond acceptors (Lipinski definition) is 5. The number of sulfonamides is 1. The summed E-state index contributed by atoms with van der Waals surface area (Å²) in [5.41, 5.74) is 1.34. The normalized spacial score (nSPS) is 14.2. The van der Waals surface area contributed by atoms with Crippen LogP contribution in [-0.4, -0.2) is 50.4 Å². The Kier molecular flexibility index (Phi) is 6.87. The third-order valence-corrected chi connectivity index (χ3v) is 6.59. The minimum absolute atomic E-state index is 0.0989. The molecule has 1 amide bonds. The molecule has 0 spiro atoms. The summed E-state index contributed by atoms with van der Waals surface area (Å²) >= 11 is 0. The van der Waals surface area contributed by atoms with Crippen LogP contribution >= 0.6 is 0 Å². The van der Waals surface area contributed by atoms with Crippen LogP contribution in [0.2, 0.25) is 0 Å². The van der Waals surface area contributed by atoms with Gasteiger partial charge in [0.15, 0.2) is 0 Å². The first-order chi connectivity index (χ1) is 13.9. The highest BCUT2D eigenvalue weighted by molar-refractivity contribution is 7.89. The maximum absolute atomic E-state index is 12.6. The Balaban J connectivity index is 1.67. The summed E-state index contributed by atoms with van der Waals surface area (Å²) in [4.78, 5) is 20.8. The molecule has 0 radical (unpaired) electrons. The molecule has 0 atom stereocenters. The van der Waals surface area contributed by atoms with E-state index in [0.717, 1.165) is 37.3 Å². The fourth-order valence-corrected chi connectivity index (χ4v) is 4.44. The number of nitrogens with one attached hydrogen (secondary N) is 1. The smallest absolute Gasteiger partial charge is 0.253 e. The van der Waals surface area contributed by atoms with Crippen molar-refractivity contribution in [1.29, 1.82) is 0 Å². The highest BCUT2D eigenvalue weighted by atomic mass is 32.2. The Morgan fingerprint density at radius 1 is 1.10 bits per heavy atom. The number of benzene rings is 1. The first-order valence-electron chi connectivity index (χ1n) is 10.0. The molecule has 1 aliphatic heterocycles. The molecule has 1 aliphatic rings. The Bertz CT molecular complexity index is 935. The van der Waals surface area contributed by atoms with Crippen molar-refractivity contribution >= 4 is 21.7 Å². The third kappa shape index (κ3) is 5.13. The molecular formula is C21H28N4O3S. The zero-order valence-electron chi connectivity index (χ0n) is 17.0. The van der Waals surface area contributed by atoms with Gasteiger partial charge in [-0.3, -0.25) is 4.79 Å². The van der Waals surface area contributed by atoms with Crippen molar-refractivity contribution in [3.05, 3.63) is 53.7 Å². The molecule has 0 unspecified atom stereocenters. The molecule has 8 heteroatoms. The zero-order valence-corrected chi connectivity index (χ0v) is 17.8. The predicted molar refractivity (Wildman–Crippen MR) is 113 cm³/mol. The second kappa shape index (κ2) is 9.37. The topological polar surface area (TPSA) is 82.6 Å². The van der Waals surface area contributed by atoms with Gasteiger partial charge in [0.25, 0.3) is 5.91 Å². The zero-order chi connectivity index (χ0) is 20.9. The quantitative estimate of drug-likeness (QED) is 0.715. The van der Waals surface area contributed by atoms with Gasteiger partial charge in [0.2, 0.25) is 10.0 Å². The van der Waals surface area contributed by atoms with Crippen LogP contribution in [0.15, 0.2) is 47.5 Å². The number of anilines is 1. The lowest BCUT2D eigenvalue weighted by atomic mass is 10.2. The van der Waals surface area contributed by atoms with E-state index in [9.17, 15) is 13.2 Å². The molecule has 29 heavy (non-hydrogen) atoms. The molecule has 2 heterocycles. The van der Waals surface area contributed by atoms with Crippen LogP contribution in [0, 0.1) is 0 Å². The predicted octanol–water partition coefficient (Wildman–Crippen LogP) is 2.64. The molecule has 7 nitrogen and oxygen atoms in total. The molecule has 1 saturated heterocycles. The van der Waals surface area contributed by atoms with Gasteiger partial charge in [0.1, 0.15) is 5.82 Å². The number of rotatable bonds is 8. The monoisotopic (exact) mass is 416 g/mol. The Morgan fingerprint density at radius 3 is 2.38 bits per heavy atom. The fourth-order valence-electron chi connectivity index (χ4n) is 3.42. The van der Waals surface area contributed by atoms with E-state index < -0.39 is 10.0 Å². The van der Waals surface area contributed by atoms with Crippen molar-refractivity contribution in [3.8, 4) is 0 Å². The van der Waals surface area contributed by atoms with E-state index >= 15 is 0 Å². The summed E-state index contributed by atoms with van der Waals surface area (Å²) in [6.45, 7) is 7.22. The van der Waals surface area contributed by atoms with E-state index in [2.05, 4.69) is 14.6 Å². The van der Waals surface area contributed by atoms with Gasteiger partial charge in [0, 0.05) is 44.5 Å². The van der Waals surface area contributed by atoms with Crippen LogP contribution in [0.3, 0.4) is 0 Å². The summed E-state index contributed by atoms with van der Waals surface area (Å²) in [6, 6.07) is 9.82. The van der Waals surface area contributed by atoms with Crippen molar-refractivity contribution in [3.63, 3.8) is 0 Å². The molecule has 1 N–H and O–H groups in total. The first kappa shape index (κ1) is 21.3. The van der Waals surface area contributed by atoms with Crippen LogP contribution in [0.25, 0.3) is 0 Å². The van der Waals surface area contributed by atoms with Gasteiger partial charge in [-0.25, -0.2) is 18.1 Å². The van der Waals surface area contributed by atoms with Gasteiger partial charge < -0.3 is 9.80 Å². The molecule has 1 aromatic heterocycles. The van der Waals surface area contributed by atoms with Gasteiger partial charge in [-0.1, -0.05) is 0 Å². The Morgan fingerprint density at radius 2 is 1.76 bits per heavy atom. The lowest BCUT2D eigenvalue weighted by Gasteiger charge is -2.18. The summed E-state index contributed by atoms with van der Waals surface area (Å²) < 4.78 is 27.9. The standard InChI is InChI=1S/C21H28N4O3S/c1-3-24(4-2)21(26)18-7-9-19(10-8-18)29(27,28)23-16-17-11-12-22-20(15-17)25-13-5-6-14-25/h7-12,15,23H,3-6,13-14,16H2,1-2H3. The molecular weight excluding hydrogens is 388 g/mol. The highest BCUT2D eigenvalue weighted by Gasteiger charge is 2.18. The van der Waals surface area contributed by atoms with Gasteiger partial charge >= 0.3 is 0 Å². The summed E-state index contributed by atoms with van der Waals surface area (Å²) in [7, 11) is -3.67. The summed E-state index contributed by atoms with van der Waals surface area (Å²) in [6.07, 6.45) is 4.03. The van der Waals surface area contributed by atoms with Crippen LogP contribution in [0.5, 0.6) is 0 Å². The van der Waals surface area contributed by atoms with Gasteiger partial charge in [0.05, 0.1) is 4.90 Å². The third-order valence-electron chi connectivity index (χ3n) is 5.17. The Labute approximate surface area is 172 Å². The lowest BCUT2D eigenvalue weighted by molar-refractivity contribution is 0.0773. The molecule has 156 valence electrons. The molecule has 2 aromatic rings. The highest BCUT2D eigenvalue weighted by Crippen LogP contribution is 2.19. The maximum Gasteiger partial charge on any atom is 0.253 e. The van der Waals surface area contributed by atoms with Crippen molar-refractivity contribution in [2.24, 2.45) is 0 Å². The fraction of sp³-hybridized carbons (Fsp3) is 0.429. The number of pyridine rings is 1. The van der Waals surface area contributed by atoms with Crippen molar-refractivity contribution in [2.45, 2.75) is 38.1 Å². The van der Waals surface area contributed by atoms with Crippen molar-refractivity contribution in [2.75, 3.05) is 31.1 Å². The van der Waals surface area contributed by atoms with Crippen LogP contribution in [0.4, 0.5) is 5.82 Å². The van der Waals surface area contributed by atoms with Crippen molar-refractivity contribution in [1.82, 2.24) is 14.6 Å². The number of amides is 1. The van der Waals surface area contributed by atoms with Crippen LogP contribution in [-0.2, 0) is 16.6 Å². The second-order valence-electron chi connectivity index (χ2n) is 7.04. The van der Waals surface area contributed by atoms with E-state index in [-0.39, 0.29) is 17.3 Å². The van der Waals surface area contributed by atoms with E-state index in [4.69, 9.17) is 0 Å². The SMILES string of the molecule is CCN(CC)C(=O)c1ccc(S(=O)(=O)NCc2ccnc(N3CCCC3)c2)cc1. The van der Waals surface area contributed by atoms with E-state index in [1.165, 1.54) is 12.1 Å². The first-order valence-corrected chi connectivity index (χ1v) is 11.5. The maximum atomic E-state index is 12.6. The second-order valence-corrected chi connectivity index (χ2v) is 8.81. The molecule has 3 rings (SSSR count). The Hall–Kier alpha value is -2.45. The van der Waals surface area contributed by atoms with Gasteiger partial charge in [-0.2, -0.15) is 0 Å². The largest absolute Gasteiger partial charge is 0.357 e. The summed E-state index contributed by atoms with van der Waals surface area (Å²) in [5.74, 6) is 0.789. The number of hydrogen-bond donors (Lipinski definition) is 1. The van der Waals surface area contributed by atoms with Gasteiger partial charge in [-0.05, 0) is 68.7 Å². The van der Waals surface area contributed by atoms with E-state index in [1.807, 2.05) is 26.0 Å². The molecule has 0 aliphatic carbocycles. The summed E-state index contributed by atoms with van der Waals surface area (Å²) in [5, 5.41) is 0. The van der Waals surface area contributed by atoms with Crippen LogP contribution in [0.1, 0.15) is 42.6 Å². The van der Waals surface area contributed by atoms with Crippen LogP contribution < -0.4 is 9.62 Å². The van der Waals surface area contributed by atoms with E-state index in [0.29, 0.717) is 18.7 Å². The van der Waals surface area contributed by atoms with Gasteiger partial charge in [-0.15, -0.1) is 0 Å². The lowest BCUT2D eigenvalue weighted by Crippen LogP contribution is -2.30. The average molecular weight is 417 g/mol. The minimum Gasteiger partial charge on any atom is -0.357 e. The number of aromatic nitrogens is 1. The number of nitrogens with zero attached hydrogens (tertiary/aromatic N) is 3. The van der Waals surface area contributed by atoms with E-state index in [1.54, 1.807) is 23.2 Å². The minimum atomic E-state index is -3.67. The average Bonchev–Trinajstić information content (AvgIpc) is 3.28. The molecule has 1 aromatic carbocycles. The number of carbonyl (C=O) groups is 1. The van der Waals surface area contributed by atoms with Crippen molar-refractivity contribution < 1.29 is 13.2 Å². The molecule has 1 fully saturated rings. The molecule has 0 bridgehead atoms.